The highest BCUT2D eigenvalue weighted by atomic mass is 16.5. The number of hydrogen-bond acceptors (Lipinski definition) is 3. The topological polar surface area (TPSA) is 43.4 Å². The third-order valence-electron chi connectivity index (χ3n) is 3.03. The van der Waals surface area contributed by atoms with Crippen molar-refractivity contribution in [2.24, 2.45) is 11.8 Å². The summed E-state index contributed by atoms with van der Waals surface area (Å²) in [5.41, 5.74) is 0.932. The van der Waals surface area contributed by atoms with Crippen molar-refractivity contribution in [1.82, 2.24) is 0 Å². The molecule has 3 heteroatoms. The molecule has 1 aromatic rings. The molecule has 1 aromatic carbocycles. The first kappa shape index (κ1) is 15.4. The highest BCUT2D eigenvalue weighted by Crippen LogP contribution is 2.16. The molecule has 0 fully saturated rings. The Balaban J connectivity index is 2.50. The van der Waals surface area contributed by atoms with Gasteiger partial charge < -0.3 is 4.74 Å². The van der Waals surface area contributed by atoms with Crippen LogP contribution in [0.15, 0.2) is 30.3 Å². The molecule has 0 N–H and O–H groups in total. The zero-order valence-corrected chi connectivity index (χ0v) is 11.9. The Kier molecular flexibility index (Phi) is 6.26. The highest BCUT2D eigenvalue weighted by molar-refractivity contribution is 5.97. The monoisotopic (exact) mass is 262 g/mol. The molecule has 19 heavy (non-hydrogen) atoms. The lowest BCUT2D eigenvalue weighted by atomic mass is 9.95. The van der Waals surface area contributed by atoms with E-state index >= 15 is 0 Å². The second-order valence-corrected chi connectivity index (χ2v) is 5.23. The lowest BCUT2D eigenvalue weighted by Gasteiger charge is -2.14. The van der Waals surface area contributed by atoms with E-state index in [0.29, 0.717) is 12.3 Å². The number of carbonyl (C=O) groups excluding carboxylic acids is 2. The quantitative estimate of drug-likeness (QED) is 0.559. The van der Waals surface area contributed by atoms with E-state index in [1.807, 2.05) is 30.3 Å². The maximum absolute atomic E-state index is 11.9. The summed E-state index contributed by atoms with van der Waals surface area (Å²) < 4.78 is 5.22. The van der Waals surface area contributed by atoms with Crippen molar-refractivity contribution in [2.75, 3.05) is 0 Å². The van der Waals surface area contributed by atoms with E-state index in [0.717, 1.165) is 12.0 Å². The van der Waals surface area contributed by atoms with E-state index in [1.54, 1.807) is 0 Å². The van der Waals surface area contributed by atoms with Gasteiger partial charge in [-0.3, -0.25) is 9.59 Å². The Labute approximate surface area is 115 Å². The van der Waals surface area contributed by atoms with Crippen molar-refractivity contribution < 1.29 is 14.3 Å². The maximum Gasteiger partial charge on any atom is 0.316 e. The normalized spacial score (nSPS) is 12.2. The van der Waals surface area contributed by atoms with Gasteiger partial charge in [-0.25, -0.2) is 0 Å². The van der Waals surface area contributed by atoms with Gasteiger partial charge in [-0.05, 0) is 31.2 Å². The van der Waals surface area contributed by atoms with E-state index in [4.69, 9.17) is 4.74 Å². The van der Waals surface area contributed by atoms with Gasteiger partial charge in [0.1, 0.15) is 18.3 Å². The first-order chi connectivity index (χ1) is 9.00. The zero-order chi connectivity index (χ0) is 14.3. The van der Waals surface area contributed by atoms with Gasteiger partial charge in [0.25, 0.3) is 0 Å². The minimum absolute atomic E-state index is 0.112. The second-order valence-electron chi connectivity index (χ2n) is 5.23. The largest absolute Gasteiger partial charge is 0.460 e. The number of hydrogen-bond donors (Lipinski definition) is 0. The van der Waals surface area contributed by atoms with Crippen LogP contribution in [0.5, 0.6) is 0 Å². The molecule has 1 atom stereocenters. The number of Topliss-reactive ketones (excluding diaryl/α,β-unsaturated/α-hetero) is 1. The van der Waals surface area contributed by atoms with Crippen LogP contribution in [0.4, 0.5) is 0 Å². The Morgan fingerprint density at radius 1 is 1.11 bits per heavy atom. The van der Waals surface area contributed by atoms with Gasteiger partial charge in [-0.15, -0.1) is 0 Å². The zero-order valence-electron chi connectivity index (χ0n) is 11.9. The van der Waals surface area contributed by atoms with E-state index < -0.39 is 11.9 Å². The molecule has 104 valence electrons. The van der Waals surface area contributed by atoms with Crippen molar-refractivity contribution in [2.45, 2.75) is 40.2 Å². The van der Waals surface area contributed by atoms with Crippen LogP contribution in [0.3, 0.4) is 0 Å². The number of carbonyl (C=O) groups is 2. The van der Waals surface area contributed by atoms with Crippen LogP contribution in [0.1, 0.15) is 39.2 Å². The van der Waals surface area contributed by atoms with Crippen LogP contribution in [0.2, 0.25) is 0 Å². The van der Waals surface area contributed by atoms with E-state index in [2.05, 4.69) is 13.8 Å². The third-order valence-corrected chi connectivity index (χ3v) is 3.03. The number of rotatable bonds is 7. The predicted octanol–water partition coefficient (Wildman–Crippen LogP) is 3.37. The van der Waals surface area contributed by atoms with E-state index in [-0.39, 0.29) is 12.4 Å². The maximum atomic E-state index is 11.9. The van der Waals surface area contributed by atoms with Gasteiger partial charge in [0.05, 0.1) is 0 Å². The Morgan fingerprint density at radius 3 is 2.26 bits per heavy atom. The molecule has 0 saturated carbocycles. The minimum Gasteiger partial charge on any atom is -0.460 e. The molecule has 1 rings (SSSR count). The molecule has 3 nitrogen and oxygen atoms in total. The fraction of sp³-hybridized carbons (Fsp3) is 0.500. The van der Waals surface area contributed by atoms with Gasteiger partial charge in [-0.1, -0.05) is 44.2 Å². The summed E-state index contributed by atoms with van der Waals surface area (Å²) in [6.07, 6.45) is 1.42. The van der Waals surface area contributed by atoms with Crippen LogP contribution >= 0.6 is 0 Å². The smallest absolute Gasteiger partial charge is 0.316 e. The van der Waals surface area contributed by atoms with Crippen LogP contribution < -0.4 is 0 Å². The fourth-order valence-corrected chi connectivity index (χ4v) is 1.82. The number of esters is 1. The third kappa shape index (κ3) is 5.69. The molecule has 0 amide bonds. The lowest BCUT2D eigenvalue weighted by Crippen LogP contribution is -2.24. The summed E-state index contributed by atoms with van der Waals surface area (Å²) >= 11 is 0. The number of benzene rings is 1. The van der Waals surface area contributed by atoms with Gasteiger partial charge in [0, 0.05) is 0 Å². The van der Waals surface area contributed by atoms with E-state index in [9.17, 15) is 9.59 Å². The van der Waals surface area contributed by atoms with Crippen molar-refractivity contribution in [3.05, 3.63) is 35.9 Å². The molecule has 0 aliphatic carbocycles. The molecule has 0 spiro atoms. The molecule has 0 aliphatic heterocycles. The molecule has 0 heterocycles. The summed E-state index contributed by atoms with van der Waals surface area (Å²) in [6.45, 7) is 5.83. The molecule has 0 radical (unpaired) electrons. The molecular formula is C16H22O3. The lowest BCUT2D eigenvalue weighted by molar-refractivity contribution is -0.153. The molecular weight excluding hydrogens is 240 g/mol. The van der Waals surface area contributed by atoms with Crippen molar-refractivity contribution >= 4 is 11.8 Å². The molecule has 0 aromatic heterocycles. The highest BCUT2D eigenvalue weighted by Gasteiger charge is 2.24. The van der Waals surface area contributed by atoms with Crippen molar-refractivity contribution in [3.8, 4) is 0 Å². The number of ether oxygens (including phenoxy) is 1. The van der Waals surface area contributed by atoms with Gasteiger partial charge in [0.15, 0.2) is 0 Å². The SMILES string of the molecule is CC(=O)C(CCC(C)C)C(=O)OCc1ccccc1. The van der Waals surface area contributed by atoms with E-state index in [1.165, 1.54) is 6.92 Å². The van der Waals surface area contributed by atoms with Gasteiger partial charge in [-0.2, -0.15) is 0 Å². The summed E-state index contributed by atoms with van der Waals surface area (Å²) in [7, 11) is 0. The molecule has 0 bridgehead atoms. The van der Waals surface area contributed by atoms with Crippen LogP contribution in [-0.2, 0) is 20.9 Å². The Bertz CT molecular complexity index is 409. The number of ketones is 1. The van der Waals surface area contributed by atoms with Crippen molar-refractivity contribution in [1.29, 1.82) is 0 Å². The standard InChI is InChI=1S/C16H22O3/c1-12(2)9-10-15(13(3)17)16(18)19-11-14-7-5-4-6-8-14/h4-8,12,15H,9-11H2,1-3H3. The van der Waals surface area contributed by atoms with Gasteiger partial charge in [0.2, 0.25) is 0 Å². The van der Waals surface area contributed by atoms with Crippen molar-refractivity contribution in [3.63, 3.8) is 0 Å². The Morgan fingerprint density at radius 2 is 1.74 bits per heavy atom. The summed E-state index contributed by atoms with van der Waals surface area (Å²) in [5.74, 6) is -0.661. The summed E-state index contributed by atoms with van der Waals surface area (Å²) in [5, 5.41) is 0. The van der Waals surface area contributed by atoms with Gasteiger partial charge >= 0.3 is 5.97 Å². The first-order valence-electron chi connectivity index (χ1n) is 6.71. The molecule has 0 aliphatic rings. The second kappa shape index (κ2) is 7.72. The van der Waals surface area contributed by atoms with Crippen LogP contribution in [0.25, 0.3) is 0 Å². The van der Waals surface area contributed by atoms with Crippen LogP contribution in [-0.4, -0.2) is 11.8 Å². The summed E-state index contributed by atoms with van der Waals surface area (Å²) in [4.78, 5) is 23.4. The first-order valence-corrected chi connectivity index (χ1v) is 6.71. The summed E-state index contributed by atoms with van der Waals surface area (Å²) in [6, 6.07) is 9.48. The molecule has 0 saturated heterocycles. The average Bonchev–Trinajstić information content (AvgIpc) is 2.37. The predicted molar refractivity (Wildman–Crippen MR) is 74.5 cm³/mol. The fourth-order valence-electron chi connectivity index (χ4n) is 1.82. The Hall–Kier alpha value is -1.64. The average molecular weight is 262 g/mol. The van der Waals surface area contributed by atoms with Crippen LogP contribution in [0, 0.1) is 11.8 Å². The minimum atomic E-state index is -0.619. The molecule has 1 unspecified atom stereocenters.